The van der Waals surface area contributed by atoms with Crippen molar-refractivity contribution in [3.63, 3.8) is 0 Å². The Morgan fingerprint density at radius 2 is 1.74 bits per heavy atom. The van der Waals surface area contributed by atoms with Crippen molar-refractivity contribution in [3.05, 3.63) is 53.6 Å². The molecule has 0 spiro atoms. The number of methoxy groups -OCH3 is 2. The minimum Gasteiger partial charge on any atom is -0.493 e. The molecule has 3 rings (SSSR count). The van der Waals surface area contributed by atoms with E-state index in [0.717, 1.165) is 17.5 Å². The van der Waals surface area contributed by atoms with E-state index in [0.29, 0.717) is 23.7 Å². The van der Waals surface area contributed by atoms with Crippen molar-refractivity contribution in [2.75, 3.05) is 25.7 Å². The fourth-order valence-corrected chi connectivity index (χ4v) is 3.29. The summed E-state index contributed by atoms with van der Waals surface area (Å²) < 4.78 is 10.6. The van der Waals surface area contributed by atoms with Gasteiger partial charge in [-0.15, -0.1) is 0 Å². The normalized spacial score (nSPS) is 16.7. The van der Waals surface area contributed by atoms with Crippen molar-refractivity contribution in [3.8, 4) is 11.5 Å². The highest BCUT2D eigenvalue weighted by Gasteiger charge is 2.41. The van der Waals surface area contributed by atoms with E-state index in [-0.39, 0.29) is 24.3 Å². The summed E-state index contributed by atoms with van der Waals surface area (Å²) in [6.45, 7) is 2.68. The van der Waals surface area contributed by atoms with Gasteiger partial charge in [0, 0.05) is 6.42 Å². The standard InChI is InChI=1S/C21H24N2O4/c1-14-4-7-16(8-5-14)23-20(24)13-17(21(23)25)22-11-10-15-6-9-18(26-2)19(12-15)27-3/h4-9,12,17,22H,10-11,13H2,1-3H3/p+1/t17-/m1/s1. The number of hydrogen-bond donors (Lipinski definition) is 1. The SMILES string of the molecule is COc1ccc(CC[NH2+][C@@H]2CC(=O)N(c3ccc(C)cc3)C2=O)cc1OC. The van der Waals surface area contributed by atoms with Crippen molar-refractivity contribution < 1.29 is 24.4 Å². The summed E-state index contributed by atoms with van der Waals surface area (Å²) in [5, 5.41) is 1.95. The van der Waals surface area contributed by atoms with Crippen molar-refractivity contribution >= 4 is 17.5 Å². The lowest BCUT2D eigenvalue weighted by atomic mass is 10.1. The highest BCUT2D eigenvalue weighted by Crippen LogP contribution is 2.27. The van der Waals surface area contributed by atoms with Gasteiger partial charge in [-0.1, -0.05) is 23.8 Å². The number of aryl methyl sites for hydroxylation is 1. The second-order valence-corrected chi connectivity index (χ2v) is 6.68. The third kappa shape index (κ3) is 4.11. The van der Waals surface area contributed by atoms with Crippen molar-refractivity contribution in [2.24, 2.45) is 0 Å². The van der Waals surface area contributed by atoms with Gasteiger partial charge in [-0.05, 0) is 36.8 Å². The van der Waals surface area contributed by atoms with Crippen LogP contribution in [0.5, 0.6) is 11.5 Å². The van der Waals surface area contributed by atoms with E-state index in [1.165, 1.54) is 4.90 Å². The maximum absolute atomic E-state index is 12.7. The number of hydrogen-bond acceptors (Lipinski definition) is 4. The molecular weight excluding hydrogens is 344 g/mol. The van der Waals surface area contributed by atoms with Crippen molar-refractivity contribution in [2.45, 2.75) is 25.8 Å². The van der Waals surface area contributed by atoms with Gasteiger partial charge in [0.15, 0.2) is 17.5 Å². The summed E-state index contributed by atoms with van der Waals surface area (Å²) in [4.78, 5) is 26.3. The number of benzene rings is 2. The summed E-state index contributed by atoms with van der Waals surface area (Å²) in [5.41, 5.74) is 2.83. The van der Waals surface area contributed by atoms with Crippen LogP contribution in [0.1, 0.15) is 17.5 Å². The number of amides is 2. The maximum Gasteiger partial charge on any atom is 0.292 e. The van der Waals surface area contributed by atoms with Gasteiger partial charge >= 0.3 is 0 Å². The zero-order valence-corrected chi connectivity index (χ0v) is 15.9. The molecule has 6 nitrogen and oxygen atoms in total. The lowest BCUT2D eigenvalue weighted by Gasteiger charge is -2.14. The van der Waals surface area contributed by atoms with E-state index in [2.05, 4.69) is 0 Å². The molecule has 0 aromatic heterocycles. The predicted molar refractivity (Wildman–Crippen MR) is 102 cm³/mol. The second kappa shape index (κ2) is 8.22. The smallest absolute Gasteiger partial charge is 0.292 e. The molecule has 0 unspecified atom stereocenters. The first-order valence-corrected chi connectivity index (χ1v) is 9.01. The summed E-state index contributed by atoms with van der Waals surface area (Å²) >= 11 is 0. The van der Waals surface area contributed by atoms with Gasteiger partial charge in [0.1, 0.15) is 0 Å². The quantitative estimate of drug-likeness (QED) is 0.750. The van der Waals surface area contributed by atoms with Gasteiger partial charge in [-0.2, -0.15) is 0 Å². The zero-order chi connectivity index (χ0) is 19.4. The fourth-order valence-electron chi connectivity index (χ4n) is 3.29. The van der Waals surface area contributed by atoms with Crippen LogP contribution in [0.4, 0.5) is 5.69 Å². The Kier molecular flexibility index (Phi) is 5.76. The van der Waals surface area contributed by atoms with E-state index < -0.39 is 0 Å². The summed E-state index contributed by atoms with van der Waals surface area (Å²) in [5.74, 6) is 1.09. The molecule has 1 heterocycles. The first kappa shape index (κ1) is 18.9. The van der Waals surface area contributed by atoms with Crippen LogP contribution in [0.25, 0.3) is 0 Å². The number of anilines is 1. The molecule has 1 saturated heterocycles. The number of ether oxygens (including phenoxy) is 2. The number of nitrogens with zero attached hydrogens (tertiary/aromatic N) is 1. The van der Waals surface area contributed by atoms with E-state index in [9.17, 15) is 9.59 Å². The van der Waals surface area contributed by atoms with E-state index in [4.69, 9.17) is 9.47 Å². The largest absolute Gasteiger partial charge is 0.493 e. The predicted octanol–water partition coefficient (Wildman–Crippen LogP) is 1.45. The molecule has 2 aromatic rings. The average Bonchev–Trinajstić information content (AvgIpc) is 2.96. The van der Waals surface area contributed by atoms with Gasteiger partial charge in [-0.25, -0.2) is 4.90 Å². The van der Waals surface area contributed by atoms with Crippen LogP contribution >= 0.6 is 0 Å². The summed E-state index contributed by atoms with van der Waals surface area (Å²) in [6, 6.07) is 12.9. The lowest BCUT2D eigenvalue weighted by Crippen LogP contribution is -2.92. The van der Waals surface area contributed by atoms with Crippen LogP contribution in [0.15, 0.2) is 42.5 Å². The molecule has 1 fully saturated rings. The highest BCUT2D eigenvalue weighted by molar-refractivity contribution is 6.21. The molecule has 0 saturated carbocycles. The minimum atomic E-state index is -0.362. The van der Waals surface area contributed by atoms with E-state index in [1.54, 1.807) is 14.2 Å². The maximum atomic E-state index is 12.7. The Morgan fingerprint density at radius 3 is 2.41 bits per heavy atom. The van der Waals surface area contributed by atoms with Crippen molar-refractivity contribution in [1.29, 1.82) is 0 Å². The van der Waals surface area contributed by atoms with Crippen LogP contribution in [0.3, 0.4) is 0 Å². The number of quaternary nitrogens is 1. The number of carbonyl (C=O) groups is 2. The number of imide groups is 1. The van der Waals surface area contributed by atoms with Crippen LogP contribution in [0.2, 0.25) is 0 Å². The van der Waals surface area contributed by atoms with Gasteiger partial charge < -0.3 is 14.8 Å². The third-order valence-corrected chi connectivity index (χ3v) is 4.81. The van der Waals surface area contributed by atoms with E-state index in [1.807, 2.05) is 54.7 Å². The topological polar surface area (TPSA) is 72.5 Å². The first-order valence-electron chi connectivity index (χ1n) is 9.01. The first-order chi connectivity index (χ1) is 13.0. The molecular formula is C21H25N2O4+. The van der Waals surface area contributed by atoms with Gasteiger partial charge in [0.25, 0.3) is 5.91 Å². The fraction of sp³-hybridized carbons (Fsp3) is 0.333. The molecule has 0 bridgehead atoms. The molecule has 0 aliphatic carbocycles. The molecule has 2 N–H and O–H groups in total. The Bertz CT molecular complexity index is 833. The van der Waals surface area contributed by atoms with Crippen LogP contribution < -0.4 is 19.7 Å². The Balaban J connectivity index is 1.60. The molecule has 27 heavy (non-hydrogen) atoms. The van der Waals surface area contributed by atoms with Crippen LogP contribution in [-0.2, 0) is 16.0 Å². The van der Waals surface area contributed by atoms with Gasteiger partial charge in [-0.3, -0.25) is 9.59 Å². The molecule has 1 aliphatic heterocycles. The molecule has 142 valence electrons. The average molecular weight is 369 g/mol. The molecule has 0 radical (unpaired) electrons. The number of nitrogens with two attached hydrogens (primary N) is 1. The Labute approximate surface area is 159 Å². The minimum absolute atomic E-state index is 0.142. The van der Waals surface area contributed by atoms with Gasteiger partial charge in [0.05, 0.1) is 32.9 Å². The van der Waals surface area contributed by atoms with E-state index >= 15 is 0 Å². The Hall–Kier alpha value is -2.86. The van der Waals surface area contributed by atoms with Crippen LogP contribution in [0, 0.1) is 6.92 Å². The highest BCUT2D eigenvalue weighted by atomic mass is 16.5. The third-order valence-electron chi connectivity index (χ3n) is 4.81. The second-order valence-electron chi connectivity index (χ2n) is 6.68. The lowest BCUT2D eigenvalue weighted by molar-refractivity contribution is -0.674. The van der Waals surface area contributed by atoms with Crippen molar-refractivity contribution in [1.82, 2.24) is 0 Å². The molecule has 1 aliphatic rings. The molecule has 1 atom stereocenters. The zero-order valence-electron chi connectivity index (χ0n) is 15.9. The molecule has 2 aromatic carbocycles. The summed E-state index contributed by atoms with van der Waals surface area (Å²) in [7, 11) is 3.21. The van der Waals surface area contributed by atoms with Crippen LogP contribution in [-0.4, -0.2) is 38.6 Å². The monoisotopic (exact) mass is 369 g/mol. The number of rotatable bonds is 7. The summed E-state index contributed by atoms with van der Waals surface area (Å²) in [6.07, 6.45) is 1.00. The molecule has 6 heteroatoms. The molecule has 2 amide bonds. The number of carbonyl (C=O) groups excluding carboxylic acids is 2. The van der Waals surface area contributed by atoms with Gasteiger partial charge in [0.2, 0.25) is 5.91 Å². The Morgan fingerprint density at radius 1 is 1.04 bits per heavy atom.